The van der Waals surface area contributed by atoms with Gasteiger partial charge in [-0.3, -0.25) is 4.57 Å². The predicted molar refractivity (Wildman–Crippen MR) is 156 cm³/mol. The van der Waals surface area contributed by atoms with Crippen LogP contribution >= 0.6 is 27.7 Å². The molecule has 7 nitrogen and oxygen atoms in total. The third-order valence-electron chi connectivity index (χ3n) is 6.68. The molecule has 3 aromatic rings. The van der Waals surface area contributed by atoms with E-state index in [1.165, 1.54) is 10.8 Å². The Morgan fingerprint density at radius 3 is 2.44 bits per heavy atom. The van der Waals surface area contributed by atoms with Crippen LogP contribution in [-0.2, 0) is 12.7 Å². The lowest BCUT2D eigenvalue weighted by molar-refractivity contribution is -0.137. The van der Waals surface area contributed by atoms with Crippen LogP contribution in [-0.4, -0.2) is 47.5 Å². The van der Waals surface area contributed by atoms with Crippen molar-refractivity contribution in [1.29, 1.82) is 0 Å². The molecule has 0 saturated carbocycles. The van der Waals surface area contributed by atoms with E-state index in [0.29, 0.717) is 36.8 Å². The number of thioether (sulfide) groups is 1. The maximum absolute atomic E-state index is 15.0. The third-order valence-corrected chi connectivity index (χ3v) is 8.46. The molecule has 0 aliphatic carbocycles. The molecule has 2 atom stereocenters. The largest absolute Gasteiger partial charge is 0.417 e. The maximum Gasteiger partial charge on any atom is 0.417 e. The van der Waals surface area contributed by atoms with Crippen LogP contribution in [0.25, 0.3) is 22.0 Å². The van der Waals surface area contributed by atoms with Crippen LogP contribution in [0.5, 0.6) is 0 Å². The molecule has 2 aliphatic rings. The van der Waals surface area contributed by atoms with Gasteiger partial charge in [0.15, 0.2) is 0 Å². The second-order valence-corrected chi connectivity index (χ2v) is 11.8. The fraction of sp³-hybridized carbons (Fsp3) is 0.407. The van der Waals surface area contributed by atoms with Gasteiger partial charge in [0.05, 0.1) is 15.6 Å². The number of rotatable bonds is 3. The lowest BCUT2D eigenvalue weighted by Gasteiger charge is -2.37. The number of nitrogens with zero attached hydrogens (tertiary/aromatic N) is 3. The van der Waals surface area contributed by atoms with E-state index in [2.05, 4.69) is 31.5 Å². The summed E-state index contributed by atoms with van der Waals surface area (Å²) >= 11 is 4.12. The number of piperazine rings is 1. The van der Waals surface area contributed by atoms with Crippen molar-refractivity contribution in [3.8, 4) is 11.1 Å². The number of aromatic nitrogens is 2. The van der Waals surface area contributed by atoms with E-state index < -0.39 is 34.6 Å². The average Bonchev–Trinajstić information content (AvgIpc) is 3.12. The first kappa shape index (κ1) is 31.1. The van der Waals surface area contributed by atoms with Crippen molar-refractivity contribution in [3.63, 3.8) is 0 Å². The number of nitrogens with two attached hydrogens (primary N) is 1. The van der Waals surface area contributed by atoms with Crippen LogP contribution < -0.4 is 27.0 Å². The second-order valence-electron chi connectivity index (χ2n) is 9.86. The zero-order valence-electron chi connectivity index (χ0n) is 22.6. The molecule has 2 unspecified atom stereocenters. The molecule has 1 saturated heterocycles. The number of anilines is 1. The molecule has 0 amide bonds. The smallest absolute Gasteiger partial charge is 0.403 e. The van der Waals surface area contributed by atoms with Crippen molar-refractivity contribution in [3.05, 3.63) is 62.8 Å². The van der Waals surface area contributed by atoms with Gasteiger partial charge in [-0.25, -0.2) is 13.6 Å². The van der Waals surface area contributed by atoms with E-state index in [4.69, 9.17) is 5.73 Å². The van der Waals surface area contributed by atoms with E-state index >= 15 is 4.39 Å². The summed E-state index contributed by atoms with van der Waals surface area (Å²) in [7, 11) is 1.80. The number of hydrogen-bond donors (Lipinski definition) is 3. The van der Waals surface area contributed by atoms with Gasteiger partial charge in [-0.1, -0.05) is 0 Å². The van der Waals surface area contributed by atoms with Crippen molar-refractivity contribution in [2.75, 3.05) is 30.8 Å². The molecule has 14 heteroatoms. The first-order chi connectivity index (χ1) is 19.4. The van der Waals surface area contributed by atoms with Gasteiger partial charge in [0.2, 0.25) is 0 Å². The molecule has 41 heavy (non-hydrogen) atoms. The van der Waals surface area contributed by atoms with E-state index in [1.807, 2.05) is 18.7 Å². The van der Waals surface area contributed by atoms with Crippen LogP contribution in [0.15, 0.2) is 44.8 Å². The third kappa shape index (κ3) is 6.49. The highest BCUT2D eigenvalue weighted by atomic mass is 79.9. The zero-order chi connectivity index (χ0) is 30.1. The lowest BCUT2D eigenvalue weighted by Crippen LogP contribution is -2.55. The van der Waals surface area contributed by atoms with Gasteiger partial charge in [-0.2, -0.15) is 18.2 Å². The first-order valence-corrected chi connectivity index (χ1v) is 14.7. The molecule has 1 aromatic heterocycles. The molecule has 3 heterocycles. The van der Waals surface area contributed by atoms with E-state index in [0.717, 1.165) is 23.9 Å². The number of aryl methyl sites for hydroxylation is 1. The summed E-state index contributed by atoms with van der Waals surface area (Å²) in [5.74, 6) is -1.43. The summed E-state index contributed by atoms with van der Waals surface area (Å²) in [5.41, 5.74) is 2.80. The van der Waals surface area contributed by atoms with Crippen molar-refractivity contribution < 1.29 is 22.0 Å². The second kappa shape index (κ2) is 12.6. The van der Waals surface area contributed by atoms with Crippen LogP contribution in [0.3, 0.4) is 0 Å². The highest BCUT2D eigenvalue weighted by Crippen LogP contribution is 2.49. The zero-order valence-corrected chi connectivity index (χ0v) is 25.0. The summed E-state index contributed by atoms with van der Waals surface area (Å²) in [5, 5.41) is 6.27. The summed E-state index contributed by atoms with van der Waals surface area (Å²) in [4.78, 5) is 19.4. The fourth-order valence-electron chi connectivity index (χ4n) is 5.18. The molecule has 0 spiro atoms. The number of benzene rings is 2. The van der Waals surface area contributed by atoms with Gasteiger partial charge in [0.25, 0.3) is 0 Å². The van der Waals surface area contributed by atoms with Gasteiger partial charge < -0.3 is 21.3 Å². The van der Waals surface area contributed by atoms with Crippen LogP contribution in [0.1, 0.15) is 25.8 Å². The fourth-order valence-corrected chi connectivity index (χ4v) is 6.72. The Kier molecular flexibility index (Phi) is 9.54. The van der Waals surface area contributed by atoms with E-state index in [9.17, 15) is 22.4 Å². The van der Waals surface area contributed by atoms with Gasteiger partial charge in [0, 0.05) is 78.6 Å². The van der Waals surface area contributed by atoms with Crippen LogP contribution in [0, 0.1) is 11.6 Å². The van der Waals surface area contributed by atoms with Gasteiger partial charge in [-0.05, 0) is 54.1 Å². The Hall–Kier alpha value is -2.84. The number of nitrogens with one attached hydrogen (secondary N) is 2. The van der Waals surface area contributed by atoms with Gasteiger partial charge in [0.1, 0.15) is 17.5 Å². The summed E-state index contributed by atoms with van der Waals surface area (Å²) in [6, 6.07) is 2.61. The SMILES string of the molecule is CC1CN(c2nc(=O)n3c4c(c(-c5cc(Br)c(F)cc5F)c(C(F)(F)F)cc24)SCCC3)CC(C)N1.CN/C=C\N. The minimum atomic E-state index is -4.84. The number of alkyl halides is 3. The number of halogens is 6. The topological polar surface area (TPSA) is 88.2 Å². The molecular formula is C27H30BrF5N6OS. The minimum Gasteiger partial charge on any atom is -0.403 e. The molecular weight excluding hydrogens is 631 g/mol. The molecule has 1 fully saturated rings. The molecule has 5 rings (SSSR count). The summed E-state index contributed by atoms with van der Waals surface area (Å²) in [6.07, 6.45) is -1.23. The Balaban J connectivity index is 0.000000714. The molecule has 4 N–H and O–H groups in total. The number of hydrogen-bond acceptors (Lipinski definition) is 7. The van der Waals surface area contributed by atoms with Crippen LogP contribution in [0.2, 0.25) is 0 Å². The van der Waals surface area contributed by atoms with Crippen molar-refractivity contribution in [1.82, 2.24) is 20.2 Å². The molecule has 0 bridgehead atoms. The van der Waals surface area contributed by atoms with E-state index in [-0.39, 0.29) is 44.8 Å². The molecule has 2 aromatic carbocycles. The van der Waals surface area contributed by atoms with Crippen LogP contribution in [0.4, 0.5) is 27.8 Å². The van der Waals surface area contributed by atoms with Crippen molar-refractivity contribution in [2.45, 2.75) is 50.0 Å². The standard InChI is InChI=1S/C24H22BrF5N4OS.C3H8N2/c1-11-9-33(10-12(2)31-11)22-14-6-15(24(28,29)30)19(13-7-16(25)18(27)8-17(13)26)21-20(14)34(23(35)32-22)4-3-5-36-21;1-5-3-2-4/h6-8,11-12,31H,3-5,9-10H2,1-2H3;2-3,5H,4H2,1H3/b;3-2-. The minimum absolute atomic E-state index is 0.0320. The highest BCUT2D eigenvalue weighted by molar-refractivity contribution is 9.10. The normalized spacial score (nSPS) is 19.2. The average molecular weight is 662 g/mol. The lowest BCUT2D eigenvalue weighted by atomic mass is 9.95. The Labute approximate surface area is 246 Å². The molecule has 0 radical (unpaired) electrons. The molecule has 2 aliphatic heterocycles. The maximum atomic E-state index is 15.0. The van der Waals surface area contributed by atoms with Gasteiger partial charge in [-0.15, -0.1) is 11.8 Å². The van der Waals surface area contributed by atoms with E-state index in [1.54, 1.807) is 13.2 Å². The Bertz CT molecular complexity index is 1520. The summed E-state index contributed by atoms with van der Waals surface area (Å²) < 4.78 is 73.9. The highest BCUT2D eigenvalue weighted by Gasteiger charge is 2.39. The van der Waals surface area contributed by atoms with Crippen molar-refractivity contribution in [2.24, 2.45) is 5.73 Å². The first-order valence-electron chi connectivity index (χ1n) is 12.9. The Morgan fingerprint density at radius 2 is 1.85 bits per heavy atom. The van der Waals surface area contributed by atoms with Gasteiger partial charge >= 0.3 is 11.9 Å². The molecule has 222 valence electrons. The quantitative estimate of drug-likeness (QED) is 0.255. The monoisotopic (exact) mass is 660 g/mol. The Morgan fingerprint density at radius 1 is 1.17 bits per heavy atom. The summed E-state index contributed by atoms with van der Waals surface area (Å²) in [6.45, 7) is 5.10. The van der Waals surface area contributed by atoms with Crippen molar-refractivity contribution >= 4 is 44.4 Å². The predicted octanol–water partition coefficient (Wildman–Crippen LogP) is 5.44.